The lowest BCUT2D eigenvalue weighted by atomic mass is 9.96. The molecule has 2 aromatic rings. The van der Waals surface area contributed by atoms with Crippen LogP contribution in [0.1, 0.15) is 18.4 Å². The third-order valence-corrected chi connectivity index (χ3v) is 5.11. The molecule has 1 saturated heterocycles. The highest BCUT2D eigenvalue weighted by Crippen LogP contribution is 2.35. The summed E-state index contributed by atoms with van der Waals surface area (Å²) in [6.45, 7) is 0.983. The maximum Gasteiger partial charge on any atom is 0.391 e. The van der Waals surface area contributed by atoms with Crippen LogP contribution in [0.3, 0.4) is 0 Å². The molecule has 0 radical (unpaired) electrons. The first-order valence-electron chi connectivity index (χ1n) is 9.57. The van der Waals surface area contributed by atoms with Crippen molar-refractivity contribution in [3.63, 3.8) is 0 Å². The molecule has 3 rings (SSSR count). The minimum absolute atomic E-state index is 0.121. The van der Waals surface area contributed by atoms with Crippen LogP contribution in [-0.4, -0.2) is 31.1 Å². The first-order chi connectivity index (χ1) is 14.2. The van der Waals surface area contributed by atoms with Crippen molar-refractivity contribution >= 4 is 28.9 Å². The third kappa shape index (κ3) is 5.65. The number of alkyl halides is 3. The summed E-state index contributed by atoms with van der Waals surface area (Å²) >= 11 is 0. The van der Waals surface area contributed by atoms with E-state index in [0.29, 0.717) is 13.1 Å². The molecule has 1 heterocycles. The summed E-state index contributed by atoms with van der Waals surface area (Å²) in [6, 6.07) is 14.8. The number of carbonyl (C=O) groups is 2. The van der Waals surface area contributed by atoms with Crippen LogP contribution >= 0.6 is 0 Å². The Balaban J connectivity index is 1.52. The molecule has 0 atom stereocenters. The molecule has 0 spiro atoms. The van der Waals surface area contributed by atoms with E-state index in [1.165, 1.54) is 0 Å². The van der Waals surface area contributed by atoms with Crippen molar-refractivity contribution in [3.05, 3.63) is 54.1 Å². The molecule has 30 heavy (non-hydrogen) atoms. The highest BCUT2D eigenvalue weighted by Gasteiger charge is 2.41. The quantitative estimate of drug-likeness (QED) is 0.648. The molecule has 160 valence electrons. The zero-order valence-corrected chi connectivity index (χ0v) is 16.2. The van der Waals surface area contributed by atoms with Crippen LogP contribution in [0, 0.1) is 5.92 Å². The van der Waals surface area contributed by atoms with Crippen LogP contribution < -0.4 is 21.3 Å². The standard InChI is InChI=1S/C21H23F3N4O2/c22-21(23,24)15-9-11-28(12-10-15)18-7-5-17(6-8-18)27-16-3-1-14(2-4-16)13-26-20(30)19(25)29/h1-8,15,27H,9-13H2,(H2,25,29)(H,26,30). The Morgan fingerprint density at radius 2 is 1.50 bits per heavy atom. The molecule has 2 amide bonds. The average molecular weight is 420 g/mol. The topological polar surface area (TPSA) is 87.5 Å². The largest absolute Gasteiger partial charge is 0.391 e. The zero-order valence-electron chi connectivity index (χ0n) is 16.2. The fourth-order valence-corrected chi connectivity index (χ4v) is 3.36. The van der Waals surface area contributed by atoms with Gasteiger partial charge in [0.15, 0.2) is 0 Å². The smallest absolute Gasteiger partial charge is 0.372 e. The van der Waals surface area contributed by atoms with E-state index in [1.807, 2.05) is 53.4 Å². The van der Waals surface area contributed by atoms with E-state index in [9.17, 15) is 22.8 Å². The van der Waals surface area contributed by atoms with Gasteiger partial charge in [-0.15, -0.1) is 0 Å². The van der Waals surface area contributed by atoms with Gasteiger partial charge in [-0.25, -0.2) is 0 Å². The first-order valence-corrected chi connectivity index (χ1v) is 9.57. The van der Waals surface area contributed by atoms with Crippen LogP contribution in [0.5, 0.6) is 0 Å². The van der Waals surface area contributed by atoms with E-state index in [0.717, 1.165) is 22.6 Å². The van der Waals surface area contributed by atoms with Gasteiger partial charge in [0.05, 0.1) is 5.92 Å². The minimum Gasteiger partial charge on any atom is -0.372 e. The van der Waals surface area contributed by atoms with E-state index in [2.05, 4.69) is 10.6 Å². The van der Waals surface area contributed by atoms with Crippen LogP contribution in [-0.2, 0) is 16.1 Å². The molecule has 1 aliphatic heterocycles. The lowest BCUT2D eigenvalue weighted by Crippen LogP contribution is -2.38. The number of anilines is 3. The Hall–Kier alpha value is -3.23. The van der Waals surface area contributed by atoms with Gasteiger partial charge in [0, 0.05) is 36.7 Å². The second kappa shape index (κ2) is 9.06. The van der Waals surface area contributed by atoms with Gasteiger partial charge in [-0.2, -0.15) is 13.2 Å². The van der Waals surface area contributed by atoms with E-state index in [1.54, 1.807) is 0 Å². The van der Waals surface area contributed by atoms with Crippen molar-refractivity contribution in [1.82, 2.24) is 5.32 Å². The highest BCUT2D eigenvalue weighted by atomic mass is 19.4. The molecule has 0 unspecified atom stereocenters. The predicted octanol–water partition coefficient (Wildman–Crippen LogP) is 3.31. The number of nitrogens with zero attached hydrogens (tertiary/aromatic N) is 1. The van der Waals surface area contributed by atoms with Crippen molar-refractivity contribution in [2.75, 3.05) is 23.3 Å². The molecule has 0 bridgehead atoms. The Labute approximate surface area is 172 Å². The van der Waals surface area contributed by atoms with E-state index < -0.39 is 23.9 Å². The van der Waals surface area contributed by atoms with E-state index in [-0.39, 0.29) is 19.4 Å². The van der Waals surface area contributed by atoms with E-state index in [4.69, 9.17) is 5.73 Å². The summed E-state index contributed by atoms with van der Waals surface area (Å²) in [4.78, 5) is 23.9. The first kappa shape index (κ1) is 21.5. The fourth-order valence-electron chi connectivity index (χ4n) is 3.36. The minimum atomic E-state index is -4.11. The average Bonchev–Trinajstić information content (AvgIpc) is 2.73. The van der Waals surface area contributed by atoms with Gasteiger partial charge in [-0.3, -0.25) is 9.59 Å². The van der Waals surface area contributed by atoms with Crippen LogP contribution in [0.25, 0.3) is 0 Å². The van der Waals surface area contributed by atoms with Crippen LogP contribution in [0.2, 0.25) is 0 Å². The number of piperidine rings is 1. The SMILES string of the molecule is NC(=O)C(=O)NCc1ccc(Nc2ccc(N3CCC(C(F)(F)F)CC3)cc2)cc1. The number of nitrogens with two attached hydrogens (primary N) is 1. The van der Waals surface area contributed by atoms with Gasteiger partial charge in [0.25, 0.3) is 0 Å². The molecule has 1 fully saturated rings. The number of carbonyl (C=O) groups excluding carboxylic acids is 2. The highest BCUT2D eigenvalue weighted by molar-refractivity contribution is 6.34. The van der Waals surface area contributed by atoms with Gasteiger partial charge in [0.1, 0.15) is 0 Å². The molecule has 0 aromatic heterocycles. The van der Waals surface area contributed by atoms with E-state index >= 15 is 0 Å². The maximum atomic E-state index is 12.8. The molecule has 1 aliphatic rings. The molecule has 4 N–H and O–H groups in total. The molecule has 2 aromatic carbocycles. The van der Waals surface area contributed by atoms with Crippen LogP contribution in [0.4, 0.5) is 30.2 Å². The van der Waals surface area contributed by atoms with Crippen molar-refractivity contribution in [2.24, 2.45) is 11.7 Å². The van der Waals surface area contributed by atoms with Gasteiger partial charge in [-0.1, -0.05) is 12.1 Å². The maximum absolute atomic E-state index is 12.8. The summed E-state index contributed by atoms with van der Waals surface area (Å²) in [5.41, 5.74) is 8.28. The Bertz CT molecular complexity index is 875. The van der Waals surface area contributed by atoms with Gasteiger partial charge in [0.2, 0.25) is 0 Å². The molecule has 9 heteroatoms. The number of rotatable bonds is 5. The van der Waals surface area contributed by atoms with Crippen molar-refractivity contribution in [3.8, 4) is 0 Å². The number of nitrogens with one attached hydrogen (secondary N) is 2. The lowest BCUT2D eigenvalue weighted by Gasteiger charge is -2.34. The summed E-state index contributed by atoms with van der Waals surface area (Å²) in [6.07, 6.45) is -3.87. The summed E-state index contributed by atoms with van der Waals surface area (Å²) in [5, 5.41) is 5.66. The second-order valence-electron chi connectivity index (χ2n) is 7.22. The Morgan fingerprint density at radius 1 is 0.967 bits per heavy atom. The monoisotopic (exact) mass is 420 g/mol. The fraction of sp³-hybridized carbons (Fsp3) is 0.333. The van der Waals surface area contributed by atoms with Crippen molar-refractivity contribution in [1.29, 1.82) is 0 Å². The number of halogens is 3. The number of hydrogen-bond donors (Lipinski definition) is 3. The molecule has 0 saturated carbocycles. The third-order valence-electron chi connectivity index (χ3n) is 5.11. The normalized spacial score (nSPS) is 15.0. The molecule has 0 aliphatic carbocycles. The Morgan fingerprint density at radius 3 is 2.00 bits per heavy atom. The number of primary amides is 1. The molecular weight excluding hydrogens is 397 g/mol. The van der Waals surface area contributed by atoms with Gasteiger partial charge >= 0.3 is 18.0 Å². The van der Waals surface area contributed by atoms with Crippen molar-refractivity contribution in [2.45, 2.75) is 25.6 Å². The number of benzene rings is 2. The summed E-state index contributed by atoms with van der Waals surface area (Å²) < 4.78 is 38.4. The lowest BCUT2D eigenvalue weighted by molar-refractivity contribution is -0.179. The van der Waals surface area contributed by atoms with Crippen molar-refractivity contribution < 1.29 is 22.8 Å². The van der Waals surface area contributed by atoms with Crippen LogP contribution in [0.15, 0.2) is 48.5 Å². The number of hydrogen-bond acceptors (Lipinski definition) is 4. The summed E-state index contributed by atoms with van der Waals surface area (Å²) in [7, 11) is 0. The van der Waals surface area contributed by atoms with Gasteiger partial charge in [-0.05, 0) is 54.8 Å². The predicted molar refractivity (Wildman–Crippen MR) is 108 cm³/mol. The molecule has 6 nitrogen and oxygen atoms in total. The number of amides is 2. The van der Waals surface area contributed by atoms with Gasteiger partial charge < -0.3 is 21.3 Å². The zero-order chi connectivity index (χ0) is 21.7. The Kier molecular flexibility index (Phi) is 6.49. The molecular formula is C21H23F3N4O2. The second-order valence-corrected chi connectivity index (χ2v) is 7.22. The summed E-state index contributed by atoms with van der Waals surface area (Å²) in [5.74, 6) is -3.07.